The summed E-state index contributed by atoms with van der Waals surface area (Å²) in [6.45, 7) is 4.40. The summed E-state index contributed by atoms with van der Waals surface area (Å²) >= 11 is 0. The number of rotatable bonds is 3. The van der Waals surface area contributed by atoms with Crippen molar-refractivity contribution in [2.24, 2.45) is 0 Å². The van der Waals surface area contributed by atoms with E-state index in [1.807, 2.05) is 23.1 Å². The Morgan fingerprint density at radius 2 is 1.93 bits per heavy atom. The van der Waals surface area contributed by atoms with E-state index in [1.54, 1.807) is 0 Å². The highest BCUT2D eigenvalue weighted by atomic mass is 35.5. The zero-order chi connectivity index (χ0) is 18.8. The van der Waals surface area contributed by atoms with Gasteiger partial charge in [-0.1, -0.05) is 31.2 Å². The number of fused-ring (bicyclic) bond motifs is 1. The molecule has 1 unspecified atom stereocenters. The predicted octanol–water partition coefficient (Wildman–Crippen LogP) is 3.34. The van der Waals surface area contributed by atoms with Crippen LogP contribution in [0.4, 0.5) is 5.69 Å². The predicted molar refractivity (Wildman–Crippen MR) is 113 cm³/mol. The van der Waals surface area contributed by atoms with Crippen LogP contribution in [0.2, 0.25) is 0 Å². The van der Waals surface area contributed by atoms with Crippen molar-refractivity contribution in [2.75, 3.05) is 25.0 Å². The van der Waals surface area contributed by atoms with Gasteiger partial charge in [-0.2, -0.15) is 0 Å². The molecule has 28 heavy (non-hydrogen) atoms. The van der Waals surface area contributed by atoms with E-state index in [4.69, 9.17) is 0 Å². The van der Waals surface area contributed by atoms with Crippen molar-refractivity contribution >= 4 is 29.9 Å². The van der Waals surface area contributed by atoms with E-state index < -0.39 is 0 Å². The van der Waals surface area contributed by atoms with Crippen LogP contribution >= 0.6 is 12.4 Å². The SMILES string of the molecule is CCc1ccc(C2CNCCN2C(=O)c2ccc3c(c2)CCC(=O)N3)cc1.Cl. The van der Waals surface area contributed by atoms with Crippen LogP contribution in [-0.2, 0) is 17.6 Å². The molecule has 1 saturated heterocycles. The maximum atomic E-state index is 13.3. The van der Waals surface area contributed by atoms with Crippen molar-refractivity contribution in [1.82, 2.24) is 10.2 Å². The largest absolute Gasteiger partial charge is 0.329 e. The minimum Gasteiger partial charge on any atom is -0.329 e. The van der Waals surface area contributed by atoms with Crippen molar-refractivity contribution in [3.05, 3.63) is 64.7 Å². The summed E-state index contributed by atoms with van der Waals surface area (Å²) in [4.78, 5) is 26.8. The minimum atomic E-state index is 0. The molecule has 1 atom stereocenters. The molecule has 0 bridgehead atoms. The van der Waals surface area contributed by atoms with Gasteiger partial charge in [0.15, 0.2) is 0 Å². The normalized spacial score (nSPS) is 18.7. The minimum absolute atomic E-state index is 0. The smallest absolute Gasteiger partial charge is 0.254 e. The van der Waals surface area contributed by atoms with Crippen molar-refractivity contribution < 1.29 is 9.59 Å². The Labute approximate surface area is 171 Å². The molecule has 2 amide bonds. The molecule has 2 aromatic rings. The summed E-state index contributed by atoms with van der Waals surface area (Å²) in [7, 11) is 0. The lowest BCUT2D eigenvalue weighted by atomic mass is 9.97. The summed E-state index contributed by atoms with van der Waals surface area (Å²) < 4.78 is 0. The number of carbonyl (C=O) groups excluding carboxylic acids is 2. The fraction of sp³-hybridized carbons (Fsp3) is 0.364. The third-order valence-electron chi connectivity index (χ3n) is 5.52. The van der Waals surface area contributed by atoms with E-state index >= 15 is 0 Å². The number of amides is 2. The molecule has 2 heterocycles. The number of aryl methyl sites for hydroxylation is 2. The lowest BCUT2D eigenvalue weighted by Crippen LogP contribution is -2.48. The topological polar surface area (TPSA) is 61.4 Å². The maximum Gasteiger partial charge on any atom is 0.254 e. The Hall–Kier alpha value is -2.37. The first-order valence-electron chi connectivity index (χ1n) is 9.69. The third kappa shape index (κ3) is 4.05. The second-order valence-corrected chi connectivity index (χ2v) is 7.23. The molecule has 6 heteroatoms. The number of nitrogens with zero attached hydrogens (tertiary/aromatic N) is 1. The van der Waals surface area contributed by atoms with Crippen LogP contribution in [0, 0.1) is 0 Å². The highest BCUT2D eigenvalue weighted by Crippen LogP contribution is 2.28. The van der Waals surface area contributed by atoms with Gasteiger partial charge < -0.3 is 15.5 Å². The number of nitrogens with one attached hydrogen (secondary N) is 2. The first kappa shape index (κ1) is 20.4. The molecule has 1 fully saturated rings. The van der Waals surface area contributed by atoms with Gasteiger partial charge >= 0.3 is 0 Å². The van der Waals surface area contributed by atoms with Crippen molar-refractivity contribution in [3.63, 3.8) is 0 Å². The highest BCUT2D eigenvalue weighted by Gasteiger charge is 2.29. The summed E-state index contributed by atoms with van der Waals surface area (Å²) in [6.07, 6.45) is 2.17. The van der Waals surface area contributed by atoms with E-state index in [1.165, 1.54) is 5.56 Å². The van der Waals surface area contributed by atoms with E-state index in [-0.39, 0.29) is 30.3 Å². The molecule has 0 saturated carbocycles. The Bertz CT molecular complexity index is 867. The van der Waals surface area contributed by atoms with Gasteiger partial charge in [0.1, 0.15) is 0 Å². The van der Waals surface area contributed by atoms with E-state index in [0.717, 1.165) is 36.3 Å². The Kier molecular flexibility index (Phi) is 6.37. The standard InChI is InChI=1S/C22H25N3O2.ClH/c1-2-15-3-5-16(6-4-15)20-14-23-11-12-25(20)22(27)18-7-9-19-17(13-18)8-10-21(26)24-19;/h3-7,9,13,20,23H,2,8,10-12,14H2,1H3,(H,24,26);1H. The number of hydrogen-bond acceptors (Lipinski definition) is 3. The Balaban J connectivity index is 0.00000225. The molecular formula is C22H26ClN3O2. The van der Waals surface area contributed by atoms with E-state index in [2.05, 4.69) is 41.8 Å². The number of hydrogen-bond donors (Lipinski definition) is 2. The Morgan fingerprint density at radius 3 is 2.68 bits per heavy atom. The van der Waals surface area contributed by atoms with Crippen LogP contribution in [0.3, 0.4) is 0 Å². The number of halogens is 1. The molecule has 0 aromatic heterocycles. The van der Waals surface area contributed by atoms with Crippen LogP contribution in [0.1, 0.15) is 46.4 Å². The summed E-state index contributed by atoms with van der Waals surface area (Å²) in [5, 5.41) is 6.29. The van der Waals surface area contributed by atoms with E-state index in [9.17, 15) is 9.59 Å². The number of anilines is 1. The van der Waals surface area contributed by atoms with Crippen LogP contribution in [0.25, 0.3) is 0 Å². The summed E-state index contributed by atoms with van der Waals surface area (Å²) in [6, 6.07) is 14.2. The van der Waals surface area contributed by atoms with E-state index in [0.29, 0.717) is 24.9 Å². The van der Waals surface area contributed by atoms with Gasteiger partial charge in [-0.15, -0.1) is 12.4 Å². The Morgan fingerprint density at radius 1 is 1.14 bits per heavy atom. The number of benzene rings is 2. The molecule has 148 valence electrons. The molecule has 0 aliphatic carbocycles. The fourth-order valence-electron chi connectivity index (χ4n) is 3.90. The zero-order valence-electron chi connectivity index (χ0n) is 16.0. The molecule has 0 radical (unpaired) electrons. The summed E-state index contributed by atoms with van der Waals surface area (Å²) in [5.74, 6) is 0.0973. The third-order valence-corrected chi connectivity index (χ3v) is 5.52. The molecule has 2 aliphatic rings. The van der Waals surface area contributed by atoms with Gasteiger partial charge in [0.25, 0.3) is 5.91 Å². The van der Waals surface area contributed by atoms with Crippen LogP contribution in [-0.4, -0.2) is 36.3 Å². The van der Waals surface area contributed by atoms with Gasteiger partial charge in [-0.3, -0.25) is 9.59 Å². The van der Waals surface area contributed by atoms with Gasteiger partial charge in [0.2, 0.25) is 5.91 Å². The first-order valence-corrected chi connectivity index (χ1v) is 9.69. The second kappa shape index (κ2) is 8.76. The van der Waals surface area contributed by atoms with Crippen LogP contribution < -0.4 is 10.6 Å². The average molecular weight is 400 g/mol. The molecule has 4 rings (SSSR count). The quantitative estimate of drug-likeness (QED) is 0.832. The molecule has 0 spiro atoms. The lowest BCUT2D eigenvalue weighted by Gasteiger charge is -2.37. The zero-order valence-corrected chi connectivity index (χ0v) is 16.8. The monoisotopic (exact) mass is 399 g/mol. The molecule has 2 aromatic carbocycles. The highest BCUT2D eigenvalue weighted by molar-refractivity contribution is 5.98. The maximum absolute atomic E-state index is 13.3. The van der Waals surface area contributed by atoms with Crippen molar-refractivity contribution in [2.45, 2.75) is 32.2 Å². The summed E-state index contributed by atoms with van der Waals surface area (Å²) in [5.41, 5.74) is 5.03. The molecule has 5 nitrogen and oxygen atoms in total. The van der Waals surface area contributed by atoms with Gasteiger partial charge in [0, 0.05) is 37.3 Å². The fourth-order valence-corrected chi connectivity index (χ4v) is 3.90. The average Bonchev–Trinajstić information content (AvgIpc) is 2.73. The molecule has 2 N–H and O–H groups in total. The number of carbonyl (C=O) groups is 2. The lowest BCUT2D eigenvalue weighted by molar-refractivity contribution is -0.116. The molecule has 2 aliphatic heterocycles. The van der Waals surface area contributed by atoms with Crippen molar-refractivity contribution in [3.8, 4) is 0 Å². The molecular weight excluding hydrogens is 374 g/mol. The first-order chi connectivity index (χ1) is 13.2. The van der Waals surface area contributed by atoms with Crippen molar-refractivity contribution in [1.29, 1.82) is 0 Å². The van der Waals surface area contributed by atoms with Gasteiger partial charge in [-0.05, 0) is 47.7 Å². The van der Waals surface area contributed by atoms with Crippen LogP contribution in [0.15, 0.2) is 42.5 Å². The van der Waals surface area contributed by atoms with Gasteiger partial charge in [0.05, 0.1) is 6.04 Å². The second-order valence-electron chi connectivity index (χ2n) is 7.23. The number of piperazine rings is 1. The van der Waals surface area contributed by atoms with Gasteiger partial charge in [-0.25, -0.2) is 0 Å². The van der Waals surface area contributed by atoms with Crippen LogP contribution in [0.5, 0.6) is 0 Å².